The van der Waals surface area contributed by atoms with Gasteiger partial charge in [0.25, 0.3) is 0 Å². The molecule has 1 aliphatic carbocycles. The van der Waals surface area contributed by atoms with Gasteiger partial charge in [0.15, 0.2) is 0 Å². The van der Waals surface area contributed by atoms with Crippen molar-refractivity contribution >= 4 is 11.6 Å². The van der Waals surface area contributed by atoms with Crippen LogP contribution >= 0.6 is 0 Å². The van der Waals surface area contributed by atoms with Crippen molar-refractivity contribution in [2.24, 2.45) is 5.41 Å². The smallest absolute Gasteiger partial charge is 0.421 e. The van der Waals surface area contributed by atoms with Gasteiger partial charge < -0.3 is 9.47 Å². The maximum Gasteiger partial charge on any atom is 0.421 e. The second-order valence-electron chi connectivity index (χ2n) is 9.22. The highest BCUT2D eigenvalue weighted by Gasteiger charge is 2.47. The van der Waals surface area contributed by atoms with Crippen molar-refractivity contribution in [3.05, 3.63) is 52.7 Å². The molecule has 0 N–H and O–H groups in total. The highest BCUT2D eigenvalue weighted by molar-refractivity contribution is 6.10. The van der Waals surface area contributed by atoms with Crippen LogP contribution in [0.1, 0.15) is 60.8 Å². The highest BCUT2D eigenvalue weighted by Crippen LogP contribution is 2.47. The lowest BCUT2D eigenvalue weighted by molar-refractivity contribution is -0.144. The maximum atomic E-state index is 13.5. The molecule has 36 heavy (non-hydrogen) atoms. The third-order valence-corrected chi connectivity index (χ3v) is 6.80. The van der Waals surface area contributed by atoms with E-state index in [0.29, 0.717) is 43.6 Å². The Kier molecular flexibility index (Phi) is 6.89. The van der Waals surface area contributed by atoms with E-state index in [1.807, 2.05) is 0 Å². The number of aryl methyl sites for hydroxylation is 1. The van der Waals surface area contributed by atoms with Gasteiger partial charge in [0.1, 0.15) is 28.8 Å². The molecule has 1 spiro atoms. The van der Waals surface area contributed by atoms with Gasteiger partial charge >= 0.3 is 12.4 Å². The molecular formula is C25H23F6NO4. The number of alkyl halides is 6. The average molecular weight is 515 g/mol. The number of pyridine rings is 1. The fraction of sp³-hybridized carbons (Fsp3) is 0.480. The number of carbonyl (C=O) groups is 2. The first-order chi connectivity index (χ1) is 16.8. The summed E-state index contributed by atoms with van der Waals surface area (Å²) in [5.41, 5.74) is -2.72. The number of aromatic nitrogens is 1. The molecule has 0 radical (unpaired) electrons. The average Bonchev–Trinajstić information content (AvgIpc) is 2.78. The van der Waals surface area contributed by atoms with Crippen LogP contribution in [0.2, 0.25) is 0 Å². The van der Waals surface area contributed by atoms with E-state index in [1.165, 1.54) is 18.2 Å². The third-order valence-electron chi connectivity index (χ3n) is 6.80. The van der Waals surface area contributed by atoms with Crippen molar-refractivity contribution < 1.29 is 45.4 Å². The third kappa shape index (κ3) is 5.25. The molecular weight excluding hydrogens is 492 g/mol. The molecule has 0 bridgehead atoms. The van der Waals surface area contributed by atoms with Gasteiger partial charge in [-0.2, -0.15) is 26.3 Å². The molecule has 0 atom stereocenters. The van der Waals surface area contributed by atoms with Gasteiger partial charge in [-0.15, -0.1) is 0 Å². The first kappa shape index (κ1) is 26.1. The normalized spacial score (nSPS) is 19.1. The molecule has 5 nitrogen and oxygen atoms in total. The number of carbonyl (C=O) groups excluding carboxylic acids is 2. The predicted octanol–water partition coefficient (Wildman–Crippen LogP) is 6.29. The molecule has 2 aromatic rings. The van der Waals surface area contributed by atoms with Gasteiger partial charge in [-0.3, -0.25) is 9.59 Å². The summed E-state index contributed by atoms with van der Waals surface area (Å²) in [6.45, 7) is 2.74. The molecule has 1 aromatic carbocycles. The maximum absolute atomic E-state index is 13.5. The summed E-state index contributed by atoms with van der Waals surface area (Å²) in [6.07, 6.45) is -7.90. The molecule has 194 valence electrons. The Hall–Kier alpha value is -2.95. The van der Waals surface area contributed by atoms with E-state index in [2.05, 4.69) is 4.98 Å². The number of rotatable bonds is 4. The molecule has 4 rings (SSSR count). The van der Waals surface area contributed by atoms with E-state index >= 15 is 0 Å². The number of ketones is 2. The van der Waals surface area contributed by atoms with Crippen LogP contribution in [0.3, 0.4) is 0 Å². The molecule has 1 saturated heterocycles. The number of halogens is 6. The Balaban J connectivity index is 1.68. The summed E-state index contributed by atoms with van der Waals surface area (Å²) in [6, 6.07) is 4.10. The van der Waals surface area contributed by atoms with E-state index in [9.17, 15) is 35.9 Å². The second kappa shape index (κ2) is 9.49. The molecule has 11 heteroatoms. The highest BCUT2D eigenvalue weighted by atomic mass is 19.4. The van der Waals surface area contributed by atoms with E-state index in [1.54, 1.807) is 6.92 Å². The Bertz CT molecular complexity index is 1150. The summed E-state index contributed by atoms with van der Waals surface area (Å²) in [7, 11) is 0. The number of nitrogens with zero attached hydrogens (tertiary/aromatic N) is 1. The van der Waals surface area contributed by atoms with Gasteiger partial charge in [0.05, 0.1) is 5.56 Å². The molecule has 0 amide bonds. The molecule has 2 heterocycles. The quantitative estimate of drug-likeness (QED) is 0.354. The number of hydrogen-bond donors (Lipinski definition) is 0. The van der Waals surface area contributed by atoms with Crippen molar-refractivity contribution in [1.29, 1.82) is 0 Å². The predicted molar refractivity (Wildman–Crippen MR) is 115 cm³/mol. The molecule has 2 fully saturated rings. The molecule has 1 aliphatic heterocycles. The van der Waals surface area contributed by atoms with Crippen molar-refractivity contribution in [3.8, 4) is 11.6 Å². The van der Waals surface area contributed by atoms with Crippen LogP contribution < -0.4 is 4.74 Å². The van der Waals surface area contributed by atoms with Gasteiger partial charge in [0, 0.05) is 32.3 Å². The Morgan fingerprint density at radius 1 is 1.00 bits per heavy atom. The van der Waals surface area contributed by atoms with Crippen LogP contribution in [0.4, 0.5) is 26.3 Å². The van der Waals surface area contributed by atoms with Crippen molar-refractivity contribution in [3.63, 3.8) is 0 Å². The minimum Gasteiger partial charge on any atom is -0.438 e. The minimum absolute atomic E-state index is 0.0643. The number of benzene rings is 1. The number of Topliss-reactive ketones (excluding diaryl/α,β-unsaturated/α-hetero) is 2. The van der Waals surface area contributed by atoms with Gasteiger partial charge in [-0.05, 0) is 54.0 Å². The van der Waals surface area contributed by atoms with E-state index < -0.39 is 40.7 Å². The molecule has 1 aromatic heterocycles. The lowest BCUT2D eigenvalue weighted by Crippen LogP contribution is -2.42. The fourth-order valence-corrected chi connectivity index (χ4v) is 4.92. The summed E-state index contributed by atoms with van der Waals surface area (Å²) >= 11 is 0. The Morgan fingerprint density at radius 3 is 2.19 bits per heavy atom. The van der Waals surface area contributed by atoms with Crippen molar-refractivity contribution in [1.82, 2.24) is 4.98 Å². The van der Waals surface area contributed by atoms with Crippen LogP contribution in [0.25, 0.3) is 0 Å². The monoisotopic (exact) mass is 515 g/mol. The minimum atomic E-state index is -5.16. The van der Waals surface area contributed by atoms with Crippen LogP contribution in [0, 0.1) is 5.41 Å². The van der Waals surface area contributed by atoms with Gasteiger partial charge in [0.2, 0.25) is 5.88 Å². The Labute approximate surface area is 202 Å². The van der Waals surface area contributed by atoms with Gasteiger partial charge in [-0.25, -0.2) is 4.98 Å². The molecule has 1 saturated carbocycles. The fourth-order valence-electron chi connectivity index (χ4n) is 4.92. The zero-order chi connectivity index (χ0) is 26.3. The van der Waals surface area contributed by atoms with E-state index in [-0.39, 0.29) is 42.4 Å². The van der Waals surface area contributed by atoms with Crippen molar-refractivity contribution in [2.75, 3.05) is 13.2 Å². The van der Waals surface area contributed by atoms with E-state index in [0.717, 1.165) is 0 Å². The zero-order valence-electron chi connectivity index (χ0n) is 19.3. The first-order valence-corrected chi connectivity index (χ1v) is 11.4. The number of ether oxygens (including phenoxy) is 2. The first-order valence-electron chi connectivity index (χ1n) is 11.4. The summed E-state index contributed by atoms with van der Waals surface area (Å²) in [5, 5.41) is 0. The van der Waals surface area contributed by atoms with Crippen molar-refractivity contribution in [2.45, 2.75) is 57.3 Å². The van der Waals surface area contributed by atoms with Crippen LogP contribution in [0.15, 0.2) is 30.5 Å². The topological polar surface area (TPSA) is 65.5 Å². The molecule has 0 unspecified atom stereocenters. The van der Waals surface area contributed by atoms with Gasteiger partial charge in [-0.1, -0.05) is 13.0 Å². The molecule has 2 aliphatic rings. The number of hydrogen-bond acceptors (Lipinski definition) is 5. The van der Waals surface area contributed by atoms with E-state index in [4.69, 9.17) is 9.47 Å². The summed E-state index contributed by atoms with van der Waals surface area (Å²) < 4.78 is 90.0. The Morgan fingerprint density at radius 2 is 1.64 bits per heavy atom. The second-order valence-corrected chi connectivity index (χ2v) is 9.22. The zero-order valence-corrected chi connectivity index (χ0v) is 19.3. The standard InChI is InChI=1S/C25H23F6NO4/c1-2-14-3-4-16(36-22-18(25(29,30)31)9-15(13-32-22)24(26,27)28)10-17(14)21-19(33)11-23(12-20(21)34)5-7-35-8-6-23/h3-4,9-10,13,21H,2,5-8,11-12H2,1H3. The van der Waals surface area contributed by atoms with Crippen LogP contribution in [-0.4, -0.2) is 29.8 Å². The van der Waals surface area contributed by atoms with Crippen LogP contribution in [-0.2, 0) is 33.1 Å². The lowest BCUT2D eigenvalue weighted by Gasteiger charge is -2.41. The lowest BCUT2D eigenvalue weighted by atomic mass is 9.63. The SMILES string of the molecule is CCc1ccc(Oc2ncc(C(F)(F)F)cc2C(F)(F)F)cc1C1C(=O)CC2(CCOCC2)CC1=O. The largest absolute Gasteiger partial charge is 0.438 e. The summed E-state index contributed by atoms with van der Waals surface area (Å²) in [5.74, 6) is -2.87. The van der Waals surface area contributed by atoms with Crippen LogP contribution in [0.5, 0.6) is 11.6 Å². The summed E-state index contributed by atoms with van der Waals surface area (Å²) in [4.78, 5) is 29.6.